The summed E-state index contributed by atoms with van der Waals surface area (Å²) in [4.78, 5) is 17.6. The fraction of sp³-hybridized carbons (Fsp3) is 0.160. The highest BCUT2D eigenvalue weighted by atomic mass is 79.9. The van der Waals surface area contributed by atoms with Crippen molar-refractivity contribution in [2.45, 2.75) is 26.9 Å². The molecule has 0 radical (unpaired) electrons. The Labute approximate surface area is 199 Å². The highest BCUT2D eigenvalue weighted by Crippen LogP contribution is 2.26. The van der Waals surface area contributed by atoms with Gasteiger partial charge in [-0.1, -0.05) is 64.3 Å². The van der Waals surface area contributed by atoms with Crippen LogP contribution in [0, 0.1) is 6.92 Å². The van der Waals surface area contributed by atoms with Crippen LogP contribution in [0.4, 0.5) is 0 Å². The third kappa shape index (κ3) is 4.92. The average Bonchev–Trinajstić information content (AvgIpc) is 2.79. The highest BCUT2D eigenvalue weighted by Gasteiger charge is 2.10. The number of aryl methyl sites for hydroxylation is 2. The van der Waals surface area contributed by atoms with Crippen LogP contribution >= 0.6 is 27.5 Å². The Balaban J connectivity index is 1.57. The zero-order chi connectivity index (χ0) is 22.7. The van der Waals surface area contributed by atoms with Crippen molar-refractivity contribution in [2.24, 2.45) is 5.10 Å². The minimum absolute atomic E-state index is 0.214. The quantitative estimate of drug-likeness (QED) is 0.293. The van der Waals surface area contributed by atoms with Crippen LogP contribution in [0.1, 0.15) is 29.4 Å². The van der Waals surface area contributed by atoms with Gasteiger partial charge in [-0.3, -0.25) is 4.79 Å². The van der Waals surface area contributed by atoms with Gasteiger partial charge in [-0.15, -0.1) is 0 Å². The van der Waals surface area contributed by atoms with Crippen LogP contribution in [0.15, 0.2) is 75.0 Å². The van der Waals surface area contributed by atoms with Gasteiger partial charge < -0.3 is 4.74 Å². The second-order valence-corrected chi connectivity index (χ2v) is 8.69. The molecule has 4 aromatic rings. The lowest BCUT2D eigenvalue weighted by Crippen LogP contribution is -2.22. The Morgan fingerprint density at radius 1 is 1.12 bits per heavy atom. The van der Waals surface area contributed by atoms with Crippen LogP contribution in [0.2, 0.25) is 5.02 Å². The Bertz CT molecular complexity index is 1360. The summed E-state index contributed by atoms with van der Waals surface area (Å²) in [6.07, 6.45) is 2.17. The van der Waals surface area contributed by atoms with Crippen molar-refractivity contribution < 1.29 is 4.74 Å². The van der Waals surface area contributed by atoms with Crippen molar-refractivity contribution in [3.63, 3.8) is 0 Å². The monoisotopic (exact) mass is 509 g/mol. The van der Waals surface area contributed by atoms with Crippen LogP contribution < -0.4 is 10.3 Å². The lowest BCUT2D eigenvalue weighted by Gasteiger charge is -2.09. The number of nitrogens with zero attached hydrogens (tertiary/aromatic N) is 3. The van der Waals surface area contributed by atoms with Crippen molar-refractivity contribution in [1.29, 1.82) is 0 Å². The third-order valence-corrected chi connectivity index (χ3v) is 5.77. The van der Waals surface area contributed by atoms with Crippen molar-refractivity contribution >= 4 is 44.6 Å². The molecule has 0 aliphatic carbocycles. The van der Waals surface area contributed by atoms with Gasteiger partial charge in [-0.05, 0) is 54.4 Å². The van der Waals surface area contributed by atoms with Crippen LogP contribution in [-0.2, 0) is 13.0 Å². The number of rotatable bonds is 6. The number of benzene rings is 3. The van der Waals surface area contributed by atoms with Gasteiger partial charge in [0, 0.05) is 10.9 Å². The van der Waals surface area contributed by atoms with Gasteiger partial charge in [-0.25, -0.2) is 4.98 Å². The summed E-state index contributed by atoms with van der Waals surface area (Å²) in [5.41, 5.74) is 3.46. The first-order valence-electron chi connectivity index (χ1n) is 10.2. The van der Waals surface area contributed by atoms with Crippen molar-refractivity contribution in [2.75, 3.05) is 0 Å². The zero-order valence-corrected chi connectivity index (χ0v) is 20.0. The lowest BCUT2D eigenvalue weighted by atomic mass is 10.2. The fourth-order valence-corrected chi connectivity index (χ4v) is 3.83. The predicted octanol–water partition coefficient (Wildman–Crippen LogP) is 6.14. The van der Waals surface area contributed by atoms with Gasteiger partial charge in [0.25, 0.3) is 5.56 Å². The number of fused-ring (bicyclic) bond motifs is 1. The van der Waals surface area contributed by atoms with E-state index in [2.05, 4.69) is 26.0 Å². The molecular formula is C25H21BrClN3O2. The van der Waals surface area contributed by atoms with E-state index in [1.54, 1.807) is 24.4 Å². The molecule has 0 spiro atoms. The first-order valence-corrected chi connectivity index (χ1v) is 11.3. The Morgan fingerprint density at radius 3 is 2.62 bits per heavy atom. The van der Waals surface area contributed by atoms with Crippen LogP contribution in [0.5, 0.6) is 5.75 Å². The number of halogens is 2. The van der Waals surface area contributed by atoms with Crippen molar-refractivity contribution in [1.82, 2.24) is 9.66 Å². The Kier molecular flexibility index (Phi) is 6.72. The van der Waals surface area contributed by atoms with Gasteiger partial charge in [0.1, 0.15) is 18.2 Å². The van der Waals surface area contributed by atoms with Crippen LogP contribution in [0.25, 0.3) is 10.9 Å². The average molecular weight is 511 g/mol. The summed E-state index contributed by atoms with van der Waals surface area (Å²) in [6.45, 7) is 4.42. The van der Waals surface area contributed by atoms with E-state index >= 15 is 0 Å². The maximum absolute atomic E-state index is 13.0. The second-order valence-electron chi connectivity index (χ2n) is 7.37. The van der Waals surface area contributed by atoms with Crippen LogP contribution in [-0.4, -0.2) is 15.9 Å². The standard InChI is InChI=1S/C25H21BrClN3O2/c1-3-24-29-22-10-9-19(26)13-20(22)25(31)30(24)28-14-18-8-11-23(21(27)12-18)32-15-17-6-4-16(2)5-7-17/h4-14H,3,15H2,1-2H3. The summed E-state index contributed by atoms with van der Waals surface area (Å²) in [5.74, 6) is 1.18. The SMILES string of the molecule is CCc1nc2ccc(Br)cc2c(=O)n1N=Cc1ccc(OCc2ccc(C)cc2)c(Cl)c1. The molecule has 5 nitrogen and oxygen atoms in total. The number of hydrogen-bond acceptors (Lipinski definition) is 4. The largest absolute Gasteiger partial charge is 0.487 e. The van der Waals surface area contributed by atoms with E-state index in [9.17, 15) is 4.79 Å². The molecule has 0 atom stereocenters. The molecule has 7 heteroatoms. The first kappa shape index (κ1) is 22.2. The summed E-state index contributed by atoms with van der Waals surface area (Å²) in [7, 11) is 0. The smallest absolute Gasteiger partial charge is 0.282 e. The third-order valence-electron chi connectivity index (χ3n) is 4.98. The van der Waals surface area contributed by atoms with Gasteiger partial charge >= 0.3 is 0 Å². The molecule has 3 aromatic carbocycles. The van der Waals surface area contributed by atoms with E-state index in [1.807, 2.05) is 56.3 Å². The van der Waals surface area contributed by atoms with E-state index in [-0.39, 0.29) is 5.56 Å². The molecule has 0 unspecified atom stereocenters. The molecule has 1 heterocycles. The zero-order valence-electron chi connectivity index (χ0n) is 17.7. The molecule has 1 aromatic heterocycles. The maximum atomic E-state index is 13.0. The normalized spacial score (nSPS) is 11.4. The summed E-state index contributed by atoms with van der Waals surface area (Å²) >= 11 is 9.82. The maximum Gasteiger partial charge on any atom is 0.282 e. The topological polar surface area (TPSA) is 56.5 Å². The summed E-state index contributed by atoms with van der Waals surface area (Å²) in [5, 5.41) is 5.38. The summed E-state index contributed by atoms with van der Waals surface area (Å²) < 4.78 is 8.00. The minimum atomic E-state index is -0.214. The fourth-order valence-electron chi connectivity index (χ4n) is 3.23. The van der Waals surface area contributed by atoms with E-state index in [0.29, 0.717) is 40.5 Å². The van der Waals surface area contributed by atoms with Gasteiger partial charge in [0.05, 0.1) is 22.1 Å². The first-order chi connectivity index (χ1) is 15.4. The molecule has 0 saturated carbocycles. The molecule has 0 fully saturated rings. The second kappa shape index (κ2) is 9.67. The number of aromatic nitrogens is 2. The van der Waals surface area contributed by atoms with Crippen molar-refractivity contribution in [3.8, 4) is 5.75 Å². The lowest BCUT2D eigenvalue weighted by molar-refractivity contribution is 0.306. The Morgan fingerprint density at radius 2 is 1.91 bits per heavy atom. The summed E-state index contributed by atoms with van der Waals surface area (Å²) in [6, 6.07) is 19.0. The molecule has 4 rings (SSSR count). The van der Waals surface area contributed by atoms with E-state index in [4.69, 9.17) is 16.3 Å². The van der Waals surface area contributed by atoms with Gasteiger partial charge in [0.15, 0.2) is 0 Å². The number of hydrogen-bond donors (Lipinski definition) is 0. The Hall–Kier alpha value is -2.96. The molecule has 0 aliphatic rings. The van der Waals surface area contributed by atoms with Crippen molar-refractivity contribution in [3.05, 3.63) is 103 Å². The van der Waals surface area contributed by atoms with Gasteiger partial charge in [0.2, 0.25) is 0 Å². The number of ether oxygens (including phenoxy) is 1. The molecule has 0 bridgehead atoms. The highest BCUT2D eigenvalue weighted by molar-refractivity contribution is 9.10. The van der Waals surface area contributed by atoms with E-state index in [1.165, 1.54) is 10.2 Å². The predicted molar refractivity (Wildman–Crippen MR) is 133 cm³/mol. The molecule has 0 amide bonds. The van der Waals surface area contributed by atoms with E-state index in [0.717, 1.165) is 15.6 Å². The molecule has 0 N–H and O–H groups in total. The molecular weight excluding hydrogens is 490 g/mol. The van der Waals surface area contributed by atoms with Gasteiger partial charge in [-0.2, -0.15) is 9.78 Å². The van der Waals surface area contributed by atoms with Crippen LogP contribution in [0.3, 0.4) is 0 Å². The minimum Gasteiger partial charge on any atom is -0.487 e. The molecule has 0 saturated heterocycles. The molecule has 162 valence electrons. The van der Waals surface area contributed by atoms with E-state index < -0.39 is 0 Å². The molecule has 0 aliphatic heterocycles. The molecule has 32 heavy (non-hydrogen) atoms.